The molecule has 1 N–H and O–H groups in total. The van der Waals surface area contributed by atoms with Crippen molar-refractivity contribution in [1.82, 2.24) is 14.8 Å². The highest BCUT2D eigenvalue weighted by Gasteiger charge is 2.35. The molecular formula is C18H27N3O3. The Kier molecular flexibility index (Phi) is 6.18. The van der Waals surface area contributed by atoms with Crippen LogP contribution in [0.5, 0.6) is 0 Å². The van der Waals surface area contributed by atoms with Crippen LogP contribution in [-0.2, 0) is 16.0 Å². The van der Waals surface area contributed by atoms with Crippen molar-refractivity contribution in [3.8, 4) is 0 Å². The summed E-state index contributed by atoms with van der Waals surface area (Å²) in [7, 11) is 0. The molecule has 0 aliphatic carbocycles. The third kappa shape index (κ3) is 4.53. The summed E-state index contributed by atoms with van der Waals surface area (Å²) in [6.07, 6.45) is 4.79. The second-order valence-electron chi connectivity index (χ2n) is 6.77. The minimum atomic E-state index is 0.156. The van der Waals surface area contributed by atoms with Crippen LogP contribution in [-0.4, -0.2) is 78.3 Å². The summed E-state index contributed by atoms with van der Waals surface area (Å²) in [6.45, 7) is 6.01. The van der Waals surface area contributed by atoms with Gasteiger partial charge in [-0.2, -0.15) is 0 Å². The van der Waals surface area contributed by atoms with Gasteiger partial charge in [-0.3, -0.25) is 14.7 Å². The van der Waals surface area contributed by atoms with Gasteiger partial charge in [0.25, 0.3) is 0 Å². The molecule has 24 heavy (non-hydrogen) atoms. The van der Waals surface area contributed by atoms with E-state index in [4.69, 9.17) is 4.74 Å². The lowest BCUT2D eigenvalue weighted by Crippen LogP contribution is -2.41. The maximum atomic E-state index is 12.5. The van der Waals surface area contributed by atoms with Gasteiger partial charge >= 0.3 is 0 Å². The highest BCUT2D eigenvalue weighted by atomic mass is 16.5. The van der Waals surface area contributed by atoms with Gasteiger partial charge in [-0.05, 0) is 30.0 Å². The lowest BCUT2D eigenvalue weighted by molar-refractivity contribution is -0.130. The Morgan fingerprint density at radius 3 is 2.62 bits per heavy atom. The summed E-state index contributed by atoms with van der Waals surface area (Å²) in [5.74, 6) is 0.741. The number of pyridine rings is 1. The molecule has 132 valence electrons. The van der Waals surface area contributed by atoms with Crippen molar-refractivity contribution in [2.75, 3.05) is 52.5 Å². The Bertz CT molecular complexity index is 520. The first-order valence-electron chi connectivity index (χ1n) is 8.84. The van der Waals surface area contributed by atoms with Gasteiger partial charge in [-0.15, -0.1) is 0 Å². The van der Waals surface area contributed by atoms with Crippen molar-refractivity contribution in [2.24, 2.45) is 11.8 Å². The molecule has 1 aromatic heterocycles. The zero-order chi connectivity index (χ0) is 16.8. The van der Waals surface area contributed by atoms with E-state index in [0.717, 1.165) is 51.4 Å². The number of likely N-dealkylation sites (tertiary alicyclic amines) is 1. The summed E-state index contributed by atoms with van der Waals surface area (Å²) in [4.78, 5) is 20.8. The lowest BCUT2D eigenvalue weighted by Gasteiger charge is -2.30. The molecule has 2 saturated heterocycles. The van der Waals surface area contributed by atoms with Gasteiger partial charge in [0.1, 0.15) is 0 Å². The fourth-order valence-corrected chi connectivity index (χ4v) is 3.63. The molecule has 6 nitrogen and oxygen atoms in total. The summed E-state index contributed by atoms with van der Waals surface area (Å²) in [6, 6.07) is 3.91. The number of hydrogen-bond donors (Lipinski definition) is 1. The quantitative estimate of drug-likeness (QED) is 0.817. The first-order chi connectivity index (χ1) is 11.8. The molecule has 6 heteroatoms. The van der Waals surface area contributed by atoms with E-state index >= 15 is 0 Å². The number of ether oxygens (including phenoxy) is 1. The van der Waals surface area contributed by atoms with Crippen molar-refractivity contribution in [3.05, 3.63) is 30.1 Å². The van der Waals surface area contributed by atoms with Crippen LogP contribution in [0.15, 0.2) is 24.5 Å². The molecule has 0 saturated carbocycles. The topological polar surface area (TPSA) is 65.9 Å². The van der Waals surface area contributed by atoms with Gasteiger partial charge in [-0.25, -0.2) is 0 Å². The standard InChI is InChI=1S/C18H27N3O3/c22-14-17-13-21(12-16(17)11-20-7-9-24-10-8-20)18(23)2-1-15-3-5-19-6-4-15/h3-6,16-17,22H,1-2,7-14H2/t16-,17-/m1/s1. The number of morpholine rings is 1. The predicted octanol–water partition coefficient (Wildman–Crippen LogP) is 0.413. The molecule has 0 aromatic carbocycles. The number of amides is 1. The number of aliphatic hydroxyl groups excluding tert-OH is 1. The number of carbonyl (C=O) groups is 1. The second kappa shape index (κ2) is 8.55. The fourth-order valence-electron chi connectivity index (χ4n) is 3.63. The minimum absolute atomic E-state index is 0.156. The number of aryl methyl sites for hydroxylation is 1. The third-order valence-electron chi connectivity index (χ3n) is 5.14. The van der Waals surface area contributed by atoms with Gasteiger partial charge in [0.2, 0.25) is 5.91 Å². The van der Waals surface area contributed by atoms with E-state index in [1.165, 1.54) is 0 Å². The number of hydrogen-bond acceptors (Lipinski definition) is 5. The smallest absolute Gasteiger partial charge is 0.222 e. The van der Waals surface area contributed by atoms with Crippen LogP contribution in [0.25, 0.3) is 0 Å². The molecule has 3 rings (SSSR count). The molecular weight excluding hydrogens is 306 g/mol. The van der Waals surface area contributed by atoms with Crippen LogP contribution in [0.4, 0.5) is 0 Å². The van der Waals surface area contributed by atoms with E-state index < -0.39 is 0 Å². The van der Waals surface area contributed by atoms with E-state index in [1.54, 1.807) is 12.4 Å². The average molecular weight is 333 g/mol. The Balaban J connectivity index is 1.50. The maximum absolute atomic E-state index is 12.5. The van der Waals surface area contributed by atoms with Crippen molar-refractivity contribution in [1.29, 1.82) is 0 Å². The average Bonchev–Trinajstić information content (AvgIpc) is 3.04. The van der Waals surface area contributed by atoms with Crippen molar-refractivity contribution in [3.63, 3.8) is 0 Å². The van der Waals surface area contributed by atoms with Crippen LogP contribution < -0.4 is 0 Å². The third-order valence-corrected chi connectivity index (χ3v) is 5.14. The fraction of sp³-hybridized carbons (Fsp3) is 0.667. The molecule has 0 radical (unpaired) electrons. The van der Waals surface area contributed by atoms with Gasteiger partial charge in [-0.1, -0.05) is 0 Å². The first kappa shape index (κ1) is 17.3. The molecule has 1 aromatic rings. The molecule has 2 aliphatic rings. The Morgan fingerprint density at radius 1 is 1.21 bits per heavy atom. The molecule has 2 fully saturated rings. The predicted molar refractivity (Wildman–Crippen MR) is 90.5 cm³/mol. The molecule has 0 unspecified atom stereocenters. The van der Waals surface area contributed by atoms with E-state index in [0.29, 0.717) is 18.9 Å². The lowest BCUT2D eigenvalue weighted by atomic mass is 9.96. The number of rotatable bonds is 6. The van der Waals surface area contributed by atoms with Crippen LogP contribution in [0, 0.1) is 11.8 Å². The molecule has 2 aliphatic heterocycles. The highest BCUT2D eigenvalue weighted by molar-refractivity contribution is 5.76. The van der Waals surface area contributed by atoms with E-state index in [9.17, 15) is 9.90 Å². The number of aliphatic hydroxyl groups is 1. The van der Waals surface area contributed by atoms with Gasteiger partial charge in [0.05, 0.1) is 13.2 Å². The molecule has 0 bridgehead atoms. The number of nitrogens with zero attached hydrogens (tertiary/aromatic N) is 3. The second-order valence-corrected chi connectivity index (χ2v) is 6.77. The van der Waals surface area contributed by atoms with E-state index in [-0.39, 0.29) is 18.4 Å². The van der Waals surface area contributed by atoms with Crippen molar-refractivity contribution >= 4 is 5.91 Å². The molecule has 2 atom stereocenters. The zero-order valence-corrected chi connectivity index (χ0v) is 14.1. The highest BCUT2D eigenvalue weighted by Crippen LogP contribution is 2.25. The SMILES string of the molecule is O=C(CCc1ccncc1)N1C[C@@H](CN2CCOCC2)[C@@H](CO)C1. The Labute approximate surface area is 143 Å². The van der Waals surface area contributed by atoms with Crippen LogP contribution in [0.2, 0.25) is 0 Å². The largest absolute Gasteiger partial charge is 0.396 e. The number of aromatic nitrogens is 1. The minimum Gasteiger partial charge on any atom is -0.396 e. The van der Waals surface area contributed by atoms with Crippen LogP contribution in [0.3, 0.4) is 0 Å². The Morgan fingerprint density at radius 2 is 1.92 bits per heavy atom. The van der Waals surface area contributed by atoms with Gasteiger partial charge in [0, 0.05) is 64.1 Å². The summed E-state index contributed by atoms with van der Waals surface area (Å²) >= 11 is 0. The van der Waals surface area contributed by atoms with E-state index in [1.807, 2.05) is 17.0 Å². The normalized spacial score (nSPS) is 25.1. The number of carbonyl (C=O) groups excluding carboxylic acids is 1. The molecule has 0 spiro atoms. The zero-order valence-electron chi connectivity index (χ0n) is 14.1. The monoisotopic (exact) mass is 333 g/mol. The van der Waals surface area contributed by atoms with Crippen molar-refractivity contribution in [2.45, 2.75) is 12.8 Å². The summed E-state index contributed by atoms with van der Waals surface area (Å²) < 4.78 is 5.39. The van der Waals surface area contributed by atoms with Crippen LogP contribution >= 0.6 is 0 Å². The van der Waals surface area contributed by atoms with Gasteiger partial charge < -0.3 is 14.7 Å². The summed E-state index contributed by atoms with van der Waals surface area (Å²) in [5.41, 5.74) is 1.14. The van der Waals surface area contributed by atoms with Gasteiger partial charge in [0.15, 0.2) is 0 Å². The maximum Gasteiger partial charge on any atom is 0.222 e. The van der Waals surface area contributed by atoms with Crippen molar-refractivity contribution < 1.29 is 14.6 Å². The molecule has 3 heterocycles. The van der Waals surface area contributed by atoms with E-state index in [2.05, 4.69) is 9.88 Å². The molecule has 1 amide bonds. The summed E-state index contributed by atoms with van der Waals surface area (Å²) in [5, 5.41) is 9.69. The first-order valence-corrected chi connectivity index (χ1v) is 8.84. The Hall–Kier alpha value is -1.50. The van der Waals surface area contributed by atoms with Crippen LogP contribution in [0.1, 0.15) is 12.0 Å².